The molecule has 104 valence electrons. The average Bonchev–Trinajstić information content (AvgIpc) is 2.86. The highest BCUT2D eigenvalue weighted by Gasteiger charge is 2.18. The van der Waals surface area contributed by atoms with Gasteiger partial charge in [0.15, 0.2) is 0 Å². The summed E-state index contributed by atoms with van der Waals surface area (Å²) in [6.07, 6.45) is -0.753. The largest absolute Gasteiger partial charge is 0.436 e. The molecule has 0 saturated carbocycles. The molecule has 0 fully saturated rings. The third-order valence-corrected chi connectivity index (χ3v) is 2.64. The molecule has 20 heavy (non-hydrogen) atoms. The summed E-state index contributed by atoms with van der Waals surface area (Å²) in [5.41, 5.74) is 0.517. The molecular weight excluding hydrogens is 288 g/mol. The molecule has 1 amide bonds. The Hall–Kier alpha value is -2.54. The minimum absolute atomic E-state index is 0.254. The summed E-state index contributed by atoms with van der Waals surface area (Å²) in [6.45, 7) is 0. The Labute approximate surface area is 118 Å². The highest BCUT2D eigenvalue weighted by molar-refractivity contribution is 6.30. The smallest absolute Gasteiger partial charge is 0.375 e. The summed E-state index contributed by atoms with van der Waals surface area (Å²) < 4.78 is 9.60. The maximum atomic E-state index is 11.8. The fraction of sp³-hybridized carbons (Fsp3) is 0.0833. The van der Waals surface area contributed by atoms with Gasteiger partial charge in [-0.25, -0.2) is 4.79 Å². The second kappa shape index (κ2) is 5.62. The highest BCUT2D eigenvalue weighted by atomic mass is 35.5. The molecule has 0 spiro atoms. The lowest BCUT2D eigenvalue weighted by Gasteiger charge is -2.15. The molecule has 0 bridgehead atoms. The lowest BCUT2D eigenvalue weighted by atomic mass is 10.3. The van der Waals surface area contributed by atoms with Crippen LogP contribution in [0.1, 0.15) is 0 Å². The van der Waals surface area contributed by atoms with E-state index in [1.54, 1.807) is 24.3 Å². The average molecular weight is 297 g/mol. The van der Waals surface area contributed by atoms with Crippen LogP contribution in [0, 0.1) is 10.1 Å². The van der Waals surface area contributed by atoms with E-state index in [-0.39, 0.29) is 5.95 Å². The van der Waals surface area contributed by atoms with Gasteiger partial charge in [0, 0.05) is 23.8 Å². The Morgan fingerprint density at radius 1 is 1.40 bits per heavy atom. The fourth-order valence-corrected chi connectivity index (χ4v) is 1.59. The van der Waals surface area contributed by atoms with Crippen LogP contribution in [0.4, 0.5) is 16.4 Å². The van der Waals surface area contributed by atoms with Crippen LogP contribution in [0.15, 0.2) is 40.8 Å². The number of rotatable bonds is 3. The molecule has 1 aromatic heterocycles. The van der Waals surface area contributed by atoms with E-state index in [1.807, 2.05) is 0 Å². The number of halogens is 1. The Morgan fingerprint density at radius 2 is 2.15 bits per heavy atom. The van der Waals surface area contributed by atoms with Crippen molar-refractivity contribution in [2.75, 3.05) is 11.9 Å². The Morgan fingerprint density at radius 3 is 2.75 bits per heavy atom. The molecule has 0 aliphatic rings. The summed E-state index contributed by atoms with van der Waals surface area (Å²) >= 11 is 5.82. The maximum absolute atomic E-state index is 11.8. The Balaban J connectivity index is 2.09. The molecule has 2 rings (SSSR count). The van der Waals surface area contributed by atoms with Gasteiger partial charge in [-0.15, -0.1) is 0 Å². The number of anilines is 1. The second-order valence-electron chi connectivity index (χ2n) is 3.76. The van der Waals surface area contributed by atoms with Gasteiger partial charge in [-0.2, -0.15) is 0 Å². The molecule has 0 atom stereocenters. The molecule has 0 aliphatic carbocycles. The highest BCUT2D eigenvalue weighted by Crippen LogP contribution is 2.24. The first-order chi connectivity index (χ1) is 9.47. The summed E-state index contributed by atoms with van der Waals surface area (Å²) in [5.74, 6) is -0.756. The van der Waals surface area contributed by atoms with Crippen LogP contribution < -0.4 is 9.64 Å². The van der Waals surface area contributed by atoms with Crippen LogP contribution in [0.2, 0.25) is 5.02 Å². The van der Waals surface area contributed by atoms with Crippen LogP contribution >= 0.6 is 11.6 Å². The van der Waals surface area contributed by atoms with Crippen molar-refractivity contribution in [2.45, 2.75) is 0 Å². The predicted molar refractivity (Wildman–Crippen MR) is 71.2 cm³/mol. The van der Waals surface area contributed by atoms with Gasteiger partial charge in [-0.05, 0) is 18.2 Å². The minimum atomic E-state index is -0.753. The molecule has 1 aromatic carbocycles. The number of amides is 1. The zero-order valence-electron chi connectivity index (χ0n) is 10.3. The first kappa shape index (κ1) is 13.9. The normalized spacial score (nSPS) is 10.1. The van der Waals surface area contributed by atoms with Gasteiger partial charge < -0.3 is 9.15 Å². The van der Waals surface area contributed by atoms with Crippen molar-refractivity contribution in [1.82, 2.24) is 0 Å². The number of furan rings is 1. The third-order valence-electron chi connectivity index (χ3n) is 2.40. The first-order valence-corrected chi connectivity index (χ1v) is 5.80. The standard InChI is InChI=1S/C12H9ClN2O5/c1-14(9-4-2-3-8(13)7-9)12(16)20-11-6-5-10(19-11)15(17)18/h2-7H,1H3. The number of nitro groups is 1. The molecule has 7 nitrogen and oxygen atoms in total. The first-order valence-electron chi connectivity index (χ1n) is 5.42. The van der Waals surface area contributed by atoms with E-state index in [4.69, 9.17) is 20.8 Å². The van der Waals surface area contributed by atoms with Crippen LogP contribution in [0.3, 0.4) is 0 Å². The van der Waals surface area contributed by atoms with Crippen LogP contribution in [0.5, 0.6) is 5.95 Å². The third kappa shape index (κ3) is 3.07. The molecule has 0 radical (unpaired) electrons. The monoisotopic (exact) mass is 296 g/mol. The maximum Gasteiger partial charge on any atom is 0.436 e. The van der Waals surface area contributed by atoms with Gasteiger partial charge >= 0.3 is 12.0 Å². The SMILES string of the molecule is CN(C(=O)Oc1ccc([N+](=O)[O-])o1)c1cccc(Cl)c1. The minimum Gasteiger partial charge on any atom is -0.375 e. The Bertz CT molecular complexity index is 655. The van der Waals surface area contributed by atoms with Gasteiger partial charge in [0.1, 0.15) is 4.92 Å². The van der Waals surface area contributed by atoms with Gasteiger partial charge in [0.2, 0.25) is 0 Å². The van der Waals surface area contributed by atoms with Crippen LogP contribution in [-0.2, 0) is 0 Å². The van der Waals surface area contributed by atoms with E-state index >= 15 is 0 Å². The zero-order valence-corrected chi connectivity index (χ0v) is 11.0. The summed E-state index contributed by atoms with van der Waals surface area (Å²) in [6, 6.07) is 8.88. The molecular formula is C12H9ClN2O5. The topological polar surface area (TPSA) is 85.8 Å². The number of benzene rings is 1. The molecule has 8 heteroatoms. The number of hydrogen-bond acceptors (Lipinski definition) is 5. The zero-order chi connectivity index (χ0) is 14.7. The molecule has 1 heterocycles. The number of carbonyl (C=O) groups excluding carboxylic acids is 1. The van der Waals surface area contributed by atoms with Crippen molar-refractivity contribution in [3.63, 3.8) is 0 Å². The lowest BCUT2D eigenvalue weighted by molar-refractivity contribution is -0.402. The van der Waals surface area contributed by atoms with E-state index < -0.39 is 16.9 Å². The predicted octanol–water partition coefficient (Wildman–Crippen LogP) is 3.48. The second-order valence-corrected chi connectivity index (χ2v) is 4.19. The van der Waals surface area contributed by atoms with Crippen molar-refractivity contribution < 1.29 is 18.9 Å². The lowest BCUT2D eigenvalue weighted by Crippen LogP contribution is -2.29. The van der Waals surface area contributed by atoms with E-state index in [0.717, 1.165) is 6.07 Å². The van der Waals surface area contributed by atoms with Gasteiger partial charge in [0.05, 0.1) is 6.07 Å². The van der Waals surface area contributed by atoms with Crippen molar-refractivity contribution in [1.29, 1.82) is 0 Å². The molecule has 0 aliphatic heterocycles. The van der Waals surface area contributed by atoms with Gasteiger partial charge in [-0.1, -0.05) is 17.7 Å². The Kier molecular flexibility index (Phi) is 3.90. The van der Waals surface area contributed by atoms with E-state index in [2.05, 4.69) is 0 Å². The van der Waals surface area contributed by atoms with Gasteiger partial charge in [0.25, 0.3) is 5.95 Å². The summed E-state index contributed by atoms with van der Waals surface area (Å²) in [4.78, 5) is 22.7. The van der Waals surface area contributed by atoms with Crippen molar-refractivity contribution >= 4 is 29.3 Å². The van der Waals surface area contributed by atoms with E-state index in [0.29, 0.717) is 10.7 Å². The fourth-order valence-electron chi connectivity index (χ4n) is 1.41. The van der Waals surface area contributed by atoms with Gasteiger partial charge in [-0.3, -0.25) is 15.0 Å². The number of carbonyl (C=O) groups is 1. The molecule has 0 N–H and O–H groups in total. The quantitative estimate of drug-likeness (QED) is 0.639. The van der Waals surface area contributed by atoms with E-state index in [9.17, 15) is 14.9 Å². The summed E-state index contributed by atoms with van der Waals surface area (Å²) in [7, 11) is 1.48. The van der Waals surface area contributed by atoms with Crippen molar-refractivity contribution in [3.05, 3.63) is 51.5 Å². The number of nitrogens with zero attached hydrogens (tertiary/aromatic N) is 2. The van der Waals surface area contributed by atoms with Crippen LogP contribution in [0.25, 0.3) is 0 Å². The van der Waals surface area contributed by atoms with Crippen molar-refractivity contribution in [3.8, 4) is 5.95 Å². The molecule has 2 aromatic rings. The van der Waals surface area contributed by atoms with Crippen LogP contribution in [-0.4, -0.2) is 18.1 Å². The molecule has 0 saturated heterocycles. The molecule has 0 unspecified atom stereocenters. The number of ether oxygens (including phenoxy) is 1. The van der Waals surface area contributed by atoms with Crippen molar-refractivity contribution in [2.24, 2.45) is 0 Å². The summed E-state index contributed by atoms with van der Waals surface area (Å²) in [5, 5.41) is 10.9. The number of hydrogen-bond donors (Lipinski definition) is 0. The van der Waals surface area contributed by atoms with E-state index in [1.165, 1.54) is 18.0 Å².